The molecule has 4 aromatic rings. The Morgan fingerprint density at radius 3 is 2.12 bits per heavy atom. The Balaban J connectivity index is 1.60. The van der Waals surface area contributed by atoms with Crippen LogP contribution in [0.5, 0.6) is 11.5 Å². The summed E-state index contributed by atoms with van der Waals surface area (Å²) in [7, 11) is 1.59. The molecule has 1 unspecified atom stereocenters. The maximum absolute atomic E-state index is 13.7. The first-order valence-electron chi connectivity index (χ1n) is 13.1. The molecule has 5 nitrogen and oxygen atoms in total. The Kier molecular flexibility index (Phi) is 7.58. The quantitative estimate of drug-likeness (QED) is 0.260. The highest BCUT2D eigenvalue weighted by Crippen LogP contribution is 2.44. The molecule has 40 heavy (non-hydrogen) atoms. The van der Waals surface area contributed by atoms with E-state index < -0.39 is 11.6 Å². The Morgan fingerprint density at radius 2 is 1.55 bits per heavy atom. The van der Waals surface area contributed by atoms with Gasteiger partial charge in [0.1, 0.15) is 11.4 Å². The molecule has 206 valence electrons. The minimum Gasteiger partial charge on any atom is -0.493 e. The SMILES string of the molecule is COc1cc2c(cc1OC(C)C)[C@H](c1ccc(Cl)cc1)N(c1ccc(C(C)(O)c3ccc(F)cc3)cc1)C(=O)C2. The Morgan fingerprint density at radius 1 is 0.950 bits per heavy atom. The highest BCUT2D eigenvalue weighted by Gasteiger charge is 2.36. The van der Waals surface area contributed by atoms with Gasteiger partial charge in [-0.25, -0.2) is 4.39 Å². The second kappa shape index (κ2) is 11.0. The van der Waals surface area contributed by atoms with Crippen LogP contribution in [0.15, 0.2) is 84.9 Å². The summed E-state index contributed by atoms with van der Waals surface area (Å²) in [4.78, 5) is 15.5. The van der Waals surface area contributed by atoms with Crippen molar-refractivity contribution in [3.05, 3.63) is 124 Å². The summed E-state index contributed by atoms with van der Waals surface area (Å²) >= 11 is 6.21. The number of ether oxygens (including phenoxy) is 2. The predicted molar refractivity (Wildman–Crippen MR) is 155 cm³/mol. The molecule has 1 amide bonds. The molecule has 0 aromatic heterocycles. The van der Waals surface area contributed by atoms with Gasteiger partial charge in [-0.2, -0.15) is 0 Å². The fraction of sp³-hybridized carbons (Fsp3) is 0.242. The first-order valence-corrected chi connectivity index (χ1v) is 13.5. The van der Waals surface area contributed by atoms with Crippen LogP contribution in [0.25, 0.3) is 0 Å². The maximum Gasteiger partial charge on any atom is 0.232 e. The largest absolute Gasteiger partial charge is 0.493 e. The molecule has 2 atom stereocenters. The van der Waals surface area contributed by atoms with Gasteiger partial charge in [-0.05, 0) is 97.1 Å². The van der Waals surface area contributed by atoms with Crippen LogP contribution >= 0.6 is 11.6 Å². The van der Waals surface area contributed by atoms with E-state index in [1.165, 1.54) is 12.1 Å². The molecule has 0 spiro atoms. The highest BCUT2D eigenvalue weighted by atomic mass is 35.5. The number of benzene rings is 4. The van der Waals surface area contributed by atoms with Gasteiger partial charge in [-0.1, -0.05) is 48.0 Å². The third kappa shape index (κ3) is 5.29. The molecule has 0 saturated carbocycles. The van der Waals surface area contributed by atoms with Crippen LogP contribution in [0.2, 0.25) is 5.02 Å². The van der Waals surface area contributed by atoms with E-state index in [0.717, 1.165) is 16.7 Å². The van der Waals surface area contributed by atoms with Gasteiger partial charge >= 0.3 is 0 Å². The van der Waals surface area contributed by atoms with E-state index in [9.17, 15) is 14.3 Å². The molecule has 1 aliphatic heterocycles. The maximum atomic E-state index is 13.7. The van der Waals surface area contributed by atoms with E-state index in [-0.39, 0.29) is 24.2 Å². The van der Waals surface area contributed by atoms with Crippen LogP contribution in [0, 0.1) is 5.82 Å². The molecule has 1 N–H and O–H groups in total. The molecule has 4 aromatic carbocycles. The van der Waals surface area contributed by atoms with E-state index in [1.807, 2.05) is 62.4 Å². The lowest BCUT2D eigenvalue weighted by molar-refractivity contribution is -0.118. The van der Waals surface area contributed by atoms with Crippen molar-refractivity contribution in [3.8, 4) is 11.5 Å². The van der Waals surface area contributed by atoms with Gasteiger partial charge < -0.3 is 19.5 Å². The third-order valence-electron chi connectivity index (χ3n) is 7.25. The number of amides is 1. The number of carbonyl (C=O) groups excluding carboxylic acids is 1. The zero-order valence-corrected chi connectivity index (χ0v) is 23.6. The number of nitrogens with zero attached hydrogens (tertiary/aromatic N) is 1. The fourth-order valence-corrected chi connectivity index (χ4v) is 5.34. The lowest BCUT2D eigenvalue weighted by Gasteiger charge is -2.38. The van der Waals surface area contributed by atoms with Crippen molar-refractivity contribution in [2.75, 3.05) is 12.0 Å². The van der Waals surface area contributed by atoms with Crippen LogP contribution in [0.3, 0.4) is 0 Å². The van der Waals surface area contributed by atoms with Crippen molar-refractivity contribution >= 4 is 23.2 Å². The van der Waals surface area contributed by atoms with Gasteiger partial charge in [0.25, 0.3) is 0 Å². The molecule has 0 saturated heterocycles. The summed E-state index contributed by atoms with van der Waals surface area (Å²) in [5.74, 6) is 0.739. The second-order valence-electron chi connectivity index (χ2n) is 10.4. The van der Waals surface area contributed by atoms with Crippen molar-refractivity contribution in [1.29, 1.82) is 0 Å². The van der Waals surface area contributed by atoms with E-state index >= 15 is 0 Å². The normalized spacial score (nSPS) is 16.4. The van der Waals surface area contributed by atoms with Gasteiger partial charge in [0.05, 0.1) is 25.7 Å². The molecule has 1 aliphatic rings. The van der Waals surface area contributed by atoms with E-state index in [1.54, 1.807) is 43.2 Å². The van der Waals surface area contributed by atoms with Gasteiger partial charge in [0, 0.05) is 10.7 Å². The topological polar surface area (TPSA) is 59.0 Å². The lowest BCUT2D eigenvalue weighted by Crippen LogP contribution is -2.41. The van der Waals surface area contributed by atoms with Crippen LogP contribution in [-0.4, -0.2) is 24.2 Å². The van der Waals surface area contributed by atoms with Crippen molar-refractivity contribution in [2.24, 2.45) is 0 Å². The van der Waals surface area contributed by atoms with Gasteiger partial charge in [-0.15, -0.1) is 0 Å². The Hall–Kier alpha value is -3.87. The zero-order chi connectivity index (χ0) is 28.6. The average molecular weight is 560 g/mol. The summed E-state index contributed by atoms with van der Waals surface area (Å²) in [5.41, 5.74) is 3.20. The number of fused-ring (bicyclic) bond motifs is 1. The summed E-state index contributed by atoms with van der Waals surface area (Å²) in [6.07, 6.45) is 0.121. The van der Waals surface area contributed by atoms with E-state index in [0.29, 0.717) is 33.3 Å². The standard InChI is InChI=1S/C33H31ClFNO4/c1-20(2)40-30-19-28-22(17-29(30)39-4)18-31(37)36(32(28)21-5-11-25(34)12-6-21)27-15-9-24(10-16-27)33(3,38)23-7-13-26(35)14-8-23/h5-17,19-20,32,38H,18H2,1-4H3/t32-,33?/m0/s1. The van der Waals surface area contributed by atoms with Crippen LogP contribution in [-0.2, 0) is 16.8 Å². The average Bonchev–Trinajstić information content (AvgIpc) is 2.93. The smallest absolute Gasteiger partial charge is 0.232 e. The van der Waals surface area contributed by atoms with Crippen LogP contribution in [0.1, 0.15) is 54.6 Å². The highest BCUT2D eigenvalue weighted by molar-refractivity contribution is 6.30. The first-order chi connectivity index (χ1) is 19.1. The fourth-order valence-electron chi connectivity index (χ4n) is 5.22. The number of methoxy groups -OCH3 is 1. The summed E-state index contributed by atoms with van der Waals surface area (Å²) in [6.45, 7) is 5.57. The zero-order valence-electron chi connectivity index (χ0n) is 22.8. The Bertz CT molecular complexity index is 1520. The summed E-state index contributed by atoms with van der Waals surface area (Å²) in [6, 6.07) is 23.9. The van der Waals surface area contributed by atoms with Gasteiger partial charge in [0.15, 0.2) is 11.5 Å². The van der Waals surface area contributed by atoms with E-state index in [2.05, 4.69) is 0 Å². The summed E-state index contributed by atoms with van der Waals surface area (Å²) in [5, 5.41) is 11.9. The molecule has 5 rings (SSSR count). The van der Waals surface area contributed by atoms with Gasteiger partial charge in [0.2, 0.25) is 5.91 Å². The van der Waals surface area contributed by atoms with Crippen molar-refractivity contribution < 1.29 is 23.8 Å². The number of anilines is 1. The molecule has 0 bridgehead atoms. The van der Waals surface area contributed by atoms with E-state index in [4.69, 9.17) is 21.1 Å². The van der Waals surface area contributed by atoms with Gasteiger partial charge in [-0.3, -0.25) is 4.79 Å². The minimum atomic E-state index is -1.35. The number of carbonyl (C=O) groups is 1. The van der Waals surface area contributed by atoms with Crippen molar-refractivity contribution in [1.82, 2.24) is 0 Å². The Labute approximate surface area is 238 Å². The second-order valence-corrected chi connectivity index (χ2v) is 10.8. The number of aliphatic hydroxyl groups is 1. The number of halogens is 2. The van der Waals surface area contributed by atoms with Crippen LogP contribution in [0.4, 0.5) is 10.1 Å². The molecule has 7 heteroatoms. The lowest BCUT2D eigenvalue weighted by atomic mass is 9.86. The molecular weight excluding hydrogens is 529 g/mol. The number of rotatable bonds is 7. The monoisotopic (exact) mass is 559 g/mol. The third-order valence-corrected chi connectivity index (χ3v) is 7.50. The number of hydrogen-bond donors (Lipinski definition) is 1. The molecule has 0 aliphatic carbocycles. The number of hydrogen-bond acceptors (Lipinski definition) is 4. The molecule has 1 heterocycles. The summed E-state index contributed by atoms with van der Waals surface area (Å²) < 4.78 is 25.1. The minimum absolute atomic E-state index is 0.0660. The molecule has 0 fully saturated rings. The predicted octanol–water partition coefficient (Wildman–Crippen LogP) is 7.21. The van der Waals surface area contributed by atoms with Crippen LogP contribution < -0.4 is 14.4 Å². The van der Waals surface area contributed by atoms with Crippen molar-refractivity contribution in [3.63, 3.8) is 0 Å². The van der Waals surface area contributed by atoms with Crippen molar-refractivity contribution in [2.45, 2.75) is 44.9 Å². The molecule has 0 radical (unpaired) electrons. The molecular formula is C33H31ClFNO4. The first kappa shape index (κ1) is 27.7.